The molecule has 1 atom stereocenters. The number of piperidine rings is 1. The van der Waals surface area contributed by atoms with Crippen molar-refractivity contribution >= 4 is 5.91 Å². The van der Waals surface area contributed by atoms with E-state index in [2.05, 4.69) is 18.7 Å². The van der Waals surface area contributed by atoms with Crippen LogP contribution in [0.3, 0.4) is 0 Å². The Kier molecular flexibility index (Phi) is 4.28. The molecule has 1 amide bonds. The van der Waals surface area contributed by atoms with Crippen molar-refractivity contribution in [2.24, 2.45) is 5.92 Å². The minimum atomic E-state index is -0.100. The molecular weight excluding hydrogens is 228 g/mol. The van der Waals surface area contributed by atoms with Crippen molar-refractivity contribution in [2.45, 2.75) is 39.2 Å². The fourth-order valence-electron chi connectivity index (χ4n) is 3.22. The molecule has 0 unspecified atom stereocenters. The van der Waals surface area contributed by atoms with Gasteiger partial charge in [0.2, 0.25) is 5.91 Å². The van der Waals surface area contributed by atoms with Crippen molar-refractivity contribution in [1.82, 2.24) is 9.80 Å². The van der Waals surface area contributed by atoms with Crippen LogP contribution in [0.5, 0.6) is 0 Å². The first-order chi connectivity index (χ1) is 8.51. The normalized spacial score (nSPS) is 30.1. The Morgan fingerprint density at radius 1 is 1.33 bits per heavy atom. The zero-order chi connectivity index (χ0) is 13.2. The second-order valence-corrected chi connectivity index (χ2v) is 6.20. The molecule has 0 aliphatic carbocycles. The summed E-state index contributed by atoms with van der Waals surface area (Å²) in [5.74, 6) is 0.867. The Morgan fingerprint density at radius 2 is 2.11 bits per heavy atom. The lowest BCUT2D eigenvalue weighted by Crippen LogP contribution is -2.60. The minimum Gasteiger partial charge on any atom is -0.370 e. The maximum atomic E-state index is 11.5. The van der Waals surface area contributed by atoms with Gasteiger partial charge in [-0.05, 0) is 25.3 Å². The van der Waals surface area contributed by atoms with Gasteiger partial charge in [0.1, 0.15) is 0 Å². The zero-order valence-corrected chi connectivity index (χ0v) is 11.9. The van der Waals surface area contributed by atoms with Gasteiger partial charge < -0.3 is 14.5 Å². The van der Waals surface area contributed by atoms with E-state index in [1.54, 1.807) is 6.92 Å². The van der Waals surface area contributed by atoms with Crippen molar-refractivity contribution in [3.63, 3.8) is 0 Å². The molecule has 0 radical (unpaired) electrons. The van der Waals surface area contributed by atoms with Crippen LogP contribution in [-0.2, 0) is 9.53 Å². The highest BCUT2D eigenvalue weighted by molar-refractivity contribution is 5.73. The lowest BCUT2D eigenvalue weighted by Gasteiger charge is -2.48. The van der Waals surface area contributed by atoms with Gasteiger partial charge in [0.25, 0.3) is 0 Å². The summed E-state index contributed by atoms with van der Waals surface area (Å²) in [6, 6.07) is 0. The van der Waals surface area contributed by atoms with E-state index < -0.39 is 0 Å². The van der Waals surface area contributed by atoms with Gasteiger partial charge in [-0.25, -0.2) is 0 Å². The molecule has 0 saturated carbocycles. The molecule has 18 heavy (non-hydrogen) atoms. The highest BCUT2D eigenvalue weighted by Gasteiger charge is 2.41. The van der Waals surface area contributed by atoms with Gasteiger partial charge in [0.05, 0.1) is 18.8 Å². The molecule has 4 heteroatoms. The van der Waals surface area contributed by atoms with Crippen LogP contribution in [0.4, 0.5) is 0 Å². The molecule has 0 N–H and O–H groups in total. The number of ether oxygens (including phenoxy) is 1. The van der Waals surface area contributed by atoms with Gasteiger partial charge in [-0.2, -0.15) is 0 Å². The van der Waals surface area contributed by atoms with Crippen LogP contribution in [0.15, 0.2) is 0 Å². The fraction of sp³-hybridized carbons (Fsp3) is 0.929. The van der Waals surface area contributed by atoms with Crippen LogP contribution < -0.4 is 0 Å². The van der Waals surface area contributed by atoms with E-state index in [9.17, 15) is 4.79 Å². The maximum Gasteiger partial charge on any atom is 0.219 e. The Morgan fingerprint density at radius 3 is 2.78 bits per heavy atom. The summed E-state index contributed by atoms with van der Waals surface area (Å²) in [7, 11) is 0. The quantitative estimate of drug-likeness (QED) is 0.746. The first-order valence-electron chi connectivity index (χ1n) is 7.13. The monoisotopic (exact) mass is 254 g/mol. The second-order valence-electron chi connectivity index (χ2n) is 6.20. The van der Waals surface area contributed by atoms with Crippen LogP contribution in [0.25, 0.3) is 0 Å². The van der Waals surface area contributed by atoms with Crippen molar-refractivity contribution in [1.29, 1.82) is 0 Å². The van der Waals surface area contributed by atoms with Gasteiger partial charge in [-0.1, -0.05) is 13.8 Å². The Bertz CT molecular complexity index is 302. The summed E-state index contributed by atoms with van der Waals surface area (Å²) in [5, 5.41) is 0. The molecule has 2 heterocycles. The molecule has 2 saturated heterocycles. The van der Waals surface area contributed by atoms with Gasteiger partial charge in [0.15, 0.2) is 0 Å². The molecule has 0 bridgehead atoms. The largest absolute Gasteiger partial charge is 0.370 e. The molecular formula is C14H26N2O2. The molecule has 2 rings (SSSR count). The average Bonchev–Trinajstić information content (AvgIpc) is 2.28. The Hall–Kier alpha value is -0.610. The first kappa shape index (κ1) is 13.8. The lowest BCUT2D eigenvalue weighted by atomic mass is 9.90. The number of carbonyl (C=O) groups is 1. The van der Waals surface area contributed by atoms with E-state index >= 15 is 0 Å². The molecule has 4 nitrogen and oxygen atoms in total. The highest BCUT2D eigenvalue weighted by Crippen LogP contribution is 2.29. The maximum absolute atomic E-state index is 11.5. The van der Waals surface area contributed by atoms with E-state index in [0.717, 1.165) is 32.6 Å². The molecule has 2 fully saturated rings. The summed E-state index contributed by atoms with van der Waals surface area (Å²) in [6.45, 7) is 11.7. The third-order valence-electron chi connectivity index (χ3n) is 3.94. The first-order valence-corrected chi connectivity index (χ1v) is 7.13. The smallest absolute Gasteiger partial charge is 0.219 e. The third-order valence-corrected chi connectivity index (χ3v) is 3.94. The van der Waals surface area contributed by atoms with Crippen LogP contribution in [0.1, 0.15) is 33.6 Å². The lowest BCUT2D eigenvalue weighted by molar-refractivity contribution is -0.159. The van der Waals surface area contributed by atoms with Gasteiger partial charge in [-0.3, -0.25) is 4.79 Å². The average molecular weight is 254 g/mol. The minimum absolute atomic E-state index is 0.100. The molecule has 2 aliphatic heterocycles. The zero-order valence-electron chi connectivity index (χ0n) is 11.9. The predicted molar refractivity (Wildman–Crippen MR) is 71.4 cm³/mol. The number of hydrogen-bond acceptors (Lipinski definition) is 3. The fourth-order valence-corrected chi connectivity index (χ4v) is 3.22. The second kappa shape index (κ2) is 5.57. The van der Waals surface area contributed by atoms with Gasteiger partial charge in [0, 0.05) is 26.6 Å². The summed E-state index contributed by atoms with van der Waals surface area (Å²) in [5.41, 5.74) is -0.100. The number of amides is 1. The van der Waals surface area contributed by atoms with E-state index in [1.807, 2.05) is 4.90 Å². The van der Waals surface area contributed by atoms with E-state index in [4.69, 9.17) is 4.74 Å². The molecule has 0 aromatic rings. The van der Waals surface area contributed by atoms with Crippen LogP contribution in [-0.4, -0.2) is 60.6 Å². The van der Waals surface area contributed by atoms with Crippen LogP contribution in [0, 0.1) is 5.92 Å². The standard InChI is InChI=1S/C14H26N2O2/c1-12(2)9-15-6-4-5-14(10-15)11-16(13(3)17)7-8-18-14/h12H,4-11H2,1-3H3/t14-/m0/s1. The Balaban J connectivity index is 1.99. The van der Waals surface area contributed by atoms with Crippen molar-refractivity contribution < 1.29 is 9.53 Å². The van der Waals surface area contributed by atoms with Gasteiger partial charge >= 0.3 is 0 Å². The van der Waals surface area contributed by atoms with Crippen molar-refractivity contribution in [2.75, 3.05) is 39.3 Å². The molecule has 104 valence electrons. The number of rotatable bonds is 2. The number of likely N-dealkylation sites (tertiary alicyclic amines) is 1. The van der Waals surface area contributed by atoms with Crippen LogP contribution >= 0.6 is 0 Å². The SMILES string of the molecule is CC(=O)N1CCO[C@]2(CCCN(CC(C)C)C2)C1. The topological polar surface area (TPSA) is 32.8 Å². The third kappa shape index (κ3) is 3.23. The predicted octanol–water partition coefficient (Wildman–Crippen LogP) is 1.36. The van der Waals surface area contributed by atoms with Crippen molar-refractivity contribution in [3.8, 4) is 0 Å². The highest BCUT2D eigenvalue weighted by atomic mass is 16.5. The summed E-state index contributed by atoms with van der Waals surface area (Å²) in [6.07, 6.45) is 2.27. The molecule has 2 aliphatic rings. The molecule has 0 aromatic heterocycles. The van der Waals surface area contributed by atoms with E-state index in [1.165, 1.54) is 13.0 Å². The summed E-state index contributed by atoms with van der Waals surface area (Å²) >= 11 is 0. The number of hydrogen-bond donors (Lipinski definition) is 0. The van der Waals surface area contributed by atoms with Crippen molar-refractivity contribution in [3.05, 3.63) is 0 Å². The van der Waals surface area contributed by atoms with E-state index in [-0.39, 0.29) is 11.5 Å². The Labute approximate surface area is 110 Å². The van der Waals surface area contributed by atoms with Crippen LogP contribution in [0.2, 0.25) is 0 Å². The molecule has 0 aromatic carbocycles. The number of nitrogens with zero attached hydrogens (tertiary/aromatic N) is 2. The molecule has 1 spiro atoms. The summed E-state index contributed by atoms with van der Waals surface area (Å²) < 4.78 is 6.06. The van der Waals surface area contributed by atoms with Gasteiger partial charge in [-0.15, -0.1) is 0 Å². The number of carbonyl (C=O) groups excluding carboxylic acids is 1. The van der Waals surface area contributed by atoms with E-state index in [0.29, 0.717) is 12.5 Å². The summed E-state index contributed by atoms with van der Waals surface area (Å²) in [4.78, 5) is 16.0. The number of morpholine rings is 1.